The smallest absolute Gasteiger partial charge is 0.0897 e. The average Bonchev–Trinajstić information content (AvgIpc) is 2.29. The summed E-state index contributed by atoms with van der Waals surface area (Å²) in [6.45, 7) is 1.58. The molecule has 1 atom stereocenters. The number of halogens is 2. The molecule has 0 spiro atoms. The quantitative estimate of drug-likeness (QED) is 0.751. The van der Waals surface area contributed by atoms with Gasteiger partial charge in [0.15, 0.2) is 0 Å². The zero-order valence-electron chi connectivity index (χ0n) is 9.75. The standard InChI is InChI=1S/C12H17Cl2NO2/c1-17-8-11(16)7-15-5-4-9-6-10(13)2-3-12(9)14/h2-3,6,11,15-16H,4-5,7-8H2,1H3. The van der Waals surface area contributed by atoms with Gasteiger partial charge in [-0.15, -0.1) is 0 Å². The summed E-state index contributed by atoms with van der Waals surface area (Å²) in [5.74, 6) is 0. The molecule has 0 fully saturated rings. The lowest BCUT2D eigenvalue weighted by atomic mass is 10.1. The van der Waals surface area contributed by atoms with Crippen molar-refractivity contribution < 1.29 is 9.84 Å². The molecule has 0 saturated heterocycles. The summed E-state index contributed by atoms with van der Waals surface area (Å²) in [5, 5.41) is 13.9. The summed E-state index contributed by atoms with van der Waals surface area (Å²) in [6.07, 6.45) is 0.300. The van der Waals surface area contributed by atoms with Gasteiger partial charge in [0.25, 0.3) is 0 Å². The molecule has 1 aromatic carbocycles. The molecule has 0 aromatic heterocycles. The Morgan fingerprint density at radius 2 is 2.18 bits per heavy atom. The van der Waals surface area contributed by atoms with Crippen LogP contribution in [0.15, 0.2) is 18.2 Å². The van der Waals surface area contributed by atoms with Gasteiger partial charge in [0, 0.05) is 23.7 Å². The van der Waals surface area contributed by atoms with Crippen LogP contribution in [0.25, 0.3) is 0 Å². The third-order valence-corrected chi connectivity index (χ3v) is 2.92. The largest absolute Gasteiger partial charge is 0.389 e. The number of benzene rings is 1. The van der Waals surface area contributed by atoms with Gasteiger partial charge in [0.05, 0.1) is 12.7 Å². The summed E-state index contributed by atoms with van der Waals surface area (Å²) in [5.41, 5.74) is 1.01. The molecular formula is C12H17Cl2NO2. The van der Waals surface area contributed by atoms with Crippen LogP contribution in [-0.4, -0.2) is 38.0 Å². The molecule has 0 aliphatic heterocycles. The van der Waals surface area contributed by atoms with Gasteiger partial charge < -0.3 is 15.2 Å². The normalized spacial score (nSPS) is 12.7. The van der Waals surface area contributed by atoms with E-state index in [1.807, 2.05) is 6.07 Å². The van der Waals surface area contributed by atoms with Crippen LogP contribution >= 0.6 is 23.2 Å². The first kappa shape index (κ1) is 14.7. The molecule has 3 nitrogen and oxygen atoms in total. The van der Waals surface area contributed by atoms with Crippen LogP contribution in [0.2, 0.25) is 10.0 Å². The molecule has 0 amide bonds. The van der Waals surface area contributed by atoms with Gasteiger partial charge >= 0.3 is 0 Å². The van der Waals surface area contributed by atoms with E-state index < -0.39 is 6.10 Å². The topological polar surface area (TPSA) is 41.5 Å². The Morgan fingerprint density at radius 1 is 1.41 bits per heavy atom. The number of ether oxygens (including phenoxy) is 1. The summed E-state index contributed by atoms with van der Waals surface area (Å²) < 4.78 is 4.83. The number of methoxy groups -OCH3 is 1. The van der Waals surface area contributed by atoms with Crippen molar-refractivity contribution >= 4 is 23.2 Å². The molecule has 1 rings (SSSR count). The Kier molecular flexibility index (Phi) is 6.85. The fourth-order valence-electron chi connectivity index (χ4n) is 1.48. The third kappa shape index (κ3) is 5.70. The van der Waals surface area contributed by atoms with E-state index >= 15 is 0 Å². The molecule has 1 aromatic rings. The van der Waals surface area contributed by atoms with Crippen LogP contribution < -0.4 is 5.32 Å². The molecule has 0 radical (unpaired) electrons. The average molecular weight is 278 g/mol. The molecule has 0 aliphatic rings. The maximum absolute atomic E-state index is 9.41. The Bertz CT molecular complexity index is 347. The van der Waals surface area contributed by atoms with Crippen molar-refractivity contribution in [3.8, 4) is 0 Å². The minimum Gasteiger partial charge on any atom is -0.389 e. The predicted octanol–water partition coefficient (Wildman–Crippen LogP) is 2.13. The molecule has 0 heterocycles. The molecule has 0 saturated carbocycles. The molecule has 96 valence electrons. The second-order valence-electron chi connectivity index (χ2n) is 3.80. The summed E-state index contributed by atoms with van der Waals surface area (Å²) in [7, 11) is 1.56. The van der Waals surface area contributed by atoms with Gasteiger partial charge in [-0.05, 0) is 36.7 Å². The minimum absolute atomic E-state index is 0.338. The monoisotopic (exact) mass is 277 g/mol. The number of nitrogens with one attached hydrogen (secondary N) is 1. The van der Waals surface area contributed by atoms with E-state index in [2.05, 4.69) is 5.32 Å². The first-order valence-corrected chi connectivity index (χ1v) is 6.20. The number of rotatable bonds is 7. The maximum atomic E-state index is 9.41. The Labute approximate surface area is 112 Å². The highest BCUT2D eigenvalue weighted by atomic mass is 35.5. The zero-order chi connectivity index (χ0) is 12.7. The molecule has 0 bridgehead atoms. The van der Waals surface area contributed by atoms with Gasteiger partial charge in [-0.1, -0.05) is 23.2 Å². The second-order valence-corrected chi connectivity index (χ2v) is 4.64. The van der Waals surface area contributed by atoms with Crippen molar-refractivity contribution in [3.63, 3.8) is 0 Å². The highest BCUT2D eigenvalue weighted by Gasteiger charge is 2.04. The summed E-state index contributed by atoms with van der Waals surface area (Å²) in [4.78, 5) is 0. The van der Waals surface area contributed by atoms with Crippen LogP contribution in [0.1, 0.15) is 5.56 Å². The number of hydrogen-bond donors (Lipinski definition) is 2. The number of aliphatic hydroxyl groups is 1. The van der Waals surface area contributed by atoms with E-state index in [4.69, 9.17) is 27.9 Å². The van der Waals surface area contributed by atoms with Crippen molar-refractivity contribution in [1.82, 2.24) is 5.32 Å². The van der Waals surface area contributed by atoms with E-state index in [0.717, 1.165) is 18.5 Å². The van der Waals surface area contributed by atoms with Crippen LogP contribution in [0.5, 0.6) is 0 Å². The molecule has 17 heavy (non-hydrogen) atoms. The Balaban J connectivity index is 2.28. The fraction of sp³-hybridized carbons (Fsp3) is 0.500. The second kappa shape index (κ2) is 7.90. The molecule has 2 N–H and O–H groups in total. The van der Waals surface area contributed by atoms with Crippen LogP contribution in [-0.2, 0) is 11.2 Å². The number of aliphatic hydroxyl groups excluding tert-OH is 1. The van der Waals surface area contributed by atoms with Gasteiger partial charge in [-0.3, -0.25) is 0 Å². The van der Waals surface area contributed by atoms with Crippen molar-refractivity contribution in [2.45, 2.75) is 12.5 Å². The molecule has 1 unspecified atom stereocenters. The van der Waals surface area contributed by atoms with E-state index in [1.165, 1.54) is 0 Å². The number of hydrogen-bond acceptors (Lipinski definition) is 3. The molecule has 5 heteroatoms. The Hall–Kier alpha value is -0.320. The van der Waals surface area contributed by atoms with Crippen LogP contribution in [0, 0.1) is 0 Å². The Morgan fingerprint density at radius 3 is 2.88 bits per heavy atom. The van der Waals surface area contributed by atoms with Gasteiger partial charge in [-0.25, -0.2) is 0 Å². The molecular weight excluding hydrogens is 261 g/mol. The SMILES string of the molecule is COCC(O)CNCCc1cc(Cl)ccc1Cl. The first-order valence-electron chi connectivity index (χ1n) is 5.45. The lowest BCUT2D eigenvalue weighted by molar-refractivity contribution is 0.0648. The highest BCUT2D eigenvalue weighted by Crippen LogP contribution is 2.20. The van der Waals surface area contributed by atoms with Crippen LogP contribution in [0.4, 0.5) is 0 Å². The lowest BCUT2D eigenvalue weighted by Gasteiger charge is -2.11. The highest BCUT2D eigenvalue weighted by molar-refractivity contribution is 6.33. The van der Waals surface area contributed by atoms with Crippen molar-refractivity contribution in [2.24, 2.45) is 0 Å². The zero-order valence-corrected chi connectivity index (χ0v) is 11.3. The first-order chi connectivity index (χ1) is 8.13. The van der Waals surface area contributed by atoms with E-state index in [-0.39, 0.29) is 0 Å². The maximum Gasteiger partial charge on any atom is 0.0897 e. The summed E-state index contributed by atoms with van der Waals surface area (Å²) >= 11 is 11.9. The molecule has 0 aliphatic carbocycles. The van der Waals surface area contributed by atoms with Crippen LogP contribution in [0.3, 0.4) is 0 Å². The van der Waals surface area contributed by atoms with Gasteiger partial charge in [-0.2, -0.15) is 0 Å². The predicted molar refractivity (Wildman–Crippen MR) is 70.9 cm³/mol. The van der Waals surface area contributed by atoms with E-state index in [1.54, 1.807) is 19.2 Å². The van der Waals surface area contributed by atoms with E-state index in [0.29, 0.717) is 23.2 Å². The van der Waals surface area contributed by atoms with Gasteiger partial charge in [0.2, 0.25) is 0 Å². The third-order valence-electron chi connectivity index (χ3n) is 2.32. The summed E-state index contributed by atoms with van der Waals surface area (Å²) in [6, 6.07) is 5.42. The fourth-order valence-corrected chi connectivity index (χ4v) is 1.88. The van der Waals surface area contributed by atoms with Crippen molar-refractivity contribution in [2.75, 3.05) is 26.8 Å². The minimum atomic E-state index is -0.477. The van der Waals surface area contributed by atoms with Crippen molar-refractivity contribution in [3.05, 3.63) is 33.8 Å². The lowest BCUT2D eigenvalue weighted by Crippen LogP contribution is -2.31. The van der Waals surface area contributed by atoms with Gasteiger partial charge in [0.1, 0.15) is 0 Å². The van der Waals surface area contributed by atoms with E-state index in [9.17, 15) is 5.11 Å². The van der Waals surface area contributed by atoms with Crippen molar-refractivity contribution in [1.29, 1.82) is 0 Å².